The number of carbonyl (C=O) groups excluding carboxylic acids is 2. The molecular weight excluding hydrogens is 619 g/mol. The van der Waals surface area contributed by atoms with Crippen LogP contribution in [0.3, 0.4) is 0 Å². The Morgan fingerprint density at radius 3 is 2.76 bits per heavy atom. The van der Waals surface area contributed by atoms with Crippen molar-refractivity contribution in [1.82, 2.24) is 25.0 Å². The Kier molecular flexibility index (Phi) is 9.14. The molecule has 232 valence electrons. The lowest BCUT2D eigenvalue weighted by Crippen LogP contribution is -2.53. The van der Waals surface area contributed by atoms with Crippen molar-refractivity contribution in [2.75, 3.05) is 46.4 Å². The highest BCUT2D eigenvalue weighted by Crippen LogP contribution is 2.37. The molecule has 0 aliphatic carbocycles. The largest absolute Gasteiger partial charge is 0.466 e. The van der Waals surface area contributed by atoms with Gasteiger partial charge in [-0.1, -0.05) is 41.6 Å². The van der Waals surface area contributed by atoms with Gasteiger partial charge in [0.05, 0.1) is 31.9 Å². The second-order valence-corrected chi connectivity index (χ2v) is 12.1. The summed E-state index contributed by atoms with van der Waals surface area (Å²) >= 11 is 7.87. The summed E-state index contributed by atoms with van der Waals surface area (Å²) in [6.45, 7) is 2.87. The number of aliphatic imine (C=N–C) groups is 1. The van der Waals surface area contributed by atoms with Gasteiger partial charge in [-0.15, -0.1) is 11.3 Å². The smallest absolute Gasteiger partial charge is 0.338 e. The number of urea groups is 1. The van der Waals surface area contributed by atoms with E-state index in [4.69, 9.17) is 21.3 Å². The number of aromatic nitrogens is 1. The molecular formula is C32H30ClFN6O4S. The highest BCUT2D eigenvalue weighted by Gasteiger charge is 2.41. The summed E-state index contributed by atoms with van der Waals surface area (Å²) < 4.78 is 19.1. The van der Waals surface area contributed by atoms with Gasteiger partial charge in [0, 0.05) is 66.1 Å². The minimum atomic E-state index is -0.844. The molecule has 2 saturated heterocycles. The summed E-state index contributed by atoms with van der Waals surface area (Å²) in [7, 11) is 1.31. The molecule has 2 unspecified atom stereocenters. The van der Waals surface area contributed by atoms with Crippen LogP contribution in [0, 0.1) is 17.7 Å². The lowest BCUT2D eigenvalue weighted by atomic mass is 9.95. The maximum Gasteiger partial charge on any atom is 0.338 e. The third-order valence-electron chi connectivity index (χ3n) is 7.96. The average molecular weight is 649 g/mol. The van der Waals surface area contributed by atoms with Crippen LogP contribution >= 0.6 is 22.9 Å². The fourth-order valence-corrected chi connectivity index (χ4v) is 6.60. The summed E-state index contributed by atoms with van der Waals surface area (Å²) in [5.74, 6) is 5.60. The van der Waals surface area contributed by atoms with Crippen molar-refractivity contribution in [2.45, 2.75) is 18.7 Å². The van der Waals surface area contributed by atoms with Crippen LogP contribution in [0.25, 0.3) is 0 Å². The Morgan fingerprint density at radius 2 is 2.04 bits per heavy atom. The van der Waals surface area contributed by atoms with Crippen molar-refractivity contribution < 1.29 is 23.8 Å². The molecule has 4 heterocycles. The van der Waals surface area contributed by atoms with Crippen molar-refractivity contribution in [3.05, 3.63) is 97.8 Å². The van der Waals surface area contributed by atoms with Crippen LogP contribution in [-0.4, -0.2) is 95.0 Å². The fourth-order valence-electron chi connectivity index (χ4n) is 5.74. The van der Waals surface area contributed by atoms with E-state index in [1.807, 2.05) is 34.5 Å². The standard InChI is InChI=1S/C32H30ClFN6O4S/c1-44-31(42)27-26(36-29(30-35-10-14-45-30)37-28(27)24-9-8-22(34)15-25(24)33)18-38-12-13-40-23(16-38)17-39(32(40)43)11-2-3-20-4-6-21(19-41)7-5-20/h4-10,14-15,23,28,41H,11-13,16-19H2,1H3,(H,36,37). The molecule has 6 rings (SSSR count). The second-order valence-electron chi connectivity index (χ2n) is 10.8. The number of aliphatic hydroxyl groups excluding tert-OH is 1. The zero-order valence-corrected chi connectivity index (χ0v) is 25.9. The van der Waals surface area contributed by atoms with Crippen LogP contribution in [0.15, 0.2) is 70.3 Å². The van der Waals surface area contributed by atoms with E-state index in [2.05, 4.69) is 27.0 Å². The molecule has 2 fully saturated rings. The summed E-state index contributed by atoms with van der Waals surface area (Å²) in [4.78, 5) is 41.4. The number of aliphatic hydroxyl groups is 1. The first-order valence-corrected chi connectivity index (χ1v) is 15.6. The topological polar surface area (TPSA) is 111 Å². The number of amides is 2. The zero-order chi connectivity index (χ0) is 31.5. The SMILES string of the molecule is COC(=O)C1=C(CN2CCN3C(=O)N(CC#Cc4ccc(CO)cc4)CC3C2)NC(c2nccs2)=NC1c1ccc(F)cc1Cl. The van der Waals surface area contributed by atoms with E-state index in [0.29, 0.717) is 61.4 Å². The monoisotopic (exact) mass is 648 g/mol. The Bertz CT molecular complexity index is 1720. The maximum atomic E-state index is 14.0. The van der Waals surface area contributed by atoms with Gasteiger partial charge in [0.15, 0.2) is 10.8 Å². The van der Waals surface area contributed by atoms with E-state index in [1.165, 1.54) is 36.6 Å². The first-order chi connectivity index (χ1) is 21.8. The summed E-state index contributed by atoms with van der Waals surface area (Å²) in [6, 6.07) is 10.4. The number of ether oxygens (including phenoxy) is 1. The number of amidine groups is 1. The molecule has 2 atom stereocenters. The molecule has 0 saturated carbocycles. The molecule has 0 radical (unpaired) electrons. The molecule has 0 bridgehead atoms. The first kappa shape index (κ1) is 30.7. The number of piperazine rings is 1. The van der Waals surface area contributed by atoms with Gasteiger partial charge in [0.1, 0.15) is 11.9 Å². The lowest BCUT2D eigenvalue weighted by Gasteiger charge is -2.38. The van der Waals surface area contributed by atoms with Crippen LogP contribution in [-0.2, 0) is 16.1 Å². The van der Waals surface area contributed by atoms with Crippen LogP contribution in [0.5, 0.6) is 0 Å². The molecule has 2 amide bonds. The Labute approximate surface area is 268 Å². The number of thiazole rings is 1. The van der Waals surface area contributed by atoms with E-state index in [0.717, 1.165) is 11.1 Å². The van der Waals surface area contributed by atoms with E-state index in [1.54, 1.807) is 11.1 Å². The van der Waals surface area contributed by atoms with Crippen molar-refractivity contribution in [1.29, 1.82) is 0 Å². The average Bonchev–Trinajstić information content (AvgIpc) is 3.69. The van der Waals surface area contributed by atoms with Gasteiger partial charge in [-0.2, -0.15) is 0 Å². The molecule has 13 heteroatoms. The van der Waals surface area contributed by atoms with Gasteiger partial charge in [0.2, 0.25) is 0 Å². The molecule has 10 nitrogen and oxygen atoms in total. The van der Waals surface area contributed by atoms with E-state index in [9.17, 15) is 19.1 Å². The number of rotatable bonds is 7. The number of hydrogen-bond acceptors (Lipinski definition) is 9. The Morgan fingerprint density at radius 1 is 1.22 bits per heavy atom. The van der Waals surface area contributed by atoms with E-state index < -0.39 is 17.8 Å². The lowest BCUT2D eigenvalue weighted by molar-refractivity contribution is -0.136. The van der Waals surface area contributed by atoms with Crippen molar-refractivity contribution >= 4 is 40.8 Å². The first-order valence-electron chi connectivity index (χ1n) is 14.3. The highest BCUT2D eigenvalue weighted by molar-refractivity contribution is 7.11. The normalized spacial score (nSPS) is 19.9. The number of benzene rings is 2. The zero-order valence-electron chi connectivity index (χ0n) is 24.4. The second kappa shape index (κ2) is 13.4. The highest BCUT2D eigenvalue weighted by atomic mass is 35.5. The number of fused-ring (bicyclic) bond motifs is 1. The molecule has 2 N–H and O–H groups in total. The molecule has 3 aliphatic rings. The van der Waals surface area contributed by atoms with Crippen molar-refractivity contribution in [3.63, 3.8) is 0 Å². The maximum absolute atomic E-state index is 14.0. The number of nitrogens with one attached hydrogen (secondary N) is 1. The molecule has 3 aliphatic heterocycles. The van der Waals surface area contributed by atoms with Crippen LogP contribution in [0.4, 0.5) is 9.18 Å². The minimum absolute atomic E-state index is 0.0225. The van der Waals surface area contributed by atoms with Crippen LogP contribution < -0.4 is 5.32 Å². The van der Waals surface area contributed by atoms with Crippen molar-refractivity contribution in [2.24, 2.45) is 4.99 Å². The Balaban J connectivity index is 1.21. The number of nitrogens with zero attached hydrogens (tertiary/aromatic N) is 5. The third-order valence-corrected chi connectivity index (χ3v) is 9.07. The predicted octanol–water partition coefficient (Wildman–Crippen LogP) is 3.42. The number of hydrogen-bond donors (Lipinski definition) is 2. The predicted molar refractivity (Wildman–Crippen MR) is 168 cm³/mol. The number of carbonyl (C=O) groups is 2. The molecule has 3 aromatic rings. The molecule has 2 aromatic carbocycles. The van der Waals surface area contributed by atoms with Crippen molar-refractivity contribution in [3.8, 4) is 11.8 Å². The van der Waals surface area contributed by atoms with Gasteiger partial charge in [-0.3, -0.25) is 9.89 Å². The van der Waals surface area contributed by atoms with E-state index in [-0.39, 0.29) is 29.3 Å². The van der Waals surface area contributed by atoms with Gasteiger partial charge >= 0.3 is 12.0 Å². The summed E-state index contributed by atoms with van der Waals surface area (Å²) in [6.07, 6.45) is 1.67. The molecule has 0 spiro atoms. The van der Waals surface area contributed by atoms with Gasteiger partial charge in [-0.25, -0.2) is 19.0 Å². The summed E-state index contributed by atoms with van der Waals surface area (Å²) in [5, 5.41) is 15.2. The quantitative estimate of drug-likeness (QED) is 0.299. The van der Waals surface area contributed by atoms with Gasteiger partial charge < -0.3 is 25.0 Å². The number of esters is 1. The van der Waals surface area contributed by atoms with Crippen LogP contribution in [0.1, 0.15) is 27.7 Å². The Hall–Kier alpha value is -4.28. The summed E-state index contributed by atoms with van der Waals surface area (Å²) in [5.41, 5.74) is 2.97. The van der Waals surface area contributed by atoms with Crippen LogP contribution in [0.2, 0.25) is 5.02 Å². The van der Waals surface area contributed by atoms with Gasteiger partial charge in [-0.05, 0) is 29.8 Å². The molecule has 45 heavy (non-hydrogen) atoms. The van der Waals surface area contributed by atoms with Gasteiger partial charge in [0.25, 0.3) is 0 Å². The fraction of sp³-hybridized carbons (Fsp3) is 0.312. The molecule has 1 aromatic heterocycles. The van der Waals surface area contributed by atoms with E-state index >= 15 is 0 Å². The third kappa shape index (κ3) is 6.57. The number of halogens is 2. The minimum Gasteiger partial charge on any atom is -0.466 e. The number of methoxy groups -OCH3 is 1.